The SMILES string of the molecule is COC(=O)c1c(C(=O)N(C)OC)sc2ccc(Br)cc12. The first-order valence-corrected chi connectivity index (χ1v) is 7.23. The van der Waals surface area contributed by atoms with Gasteiger partial charge in [0.15, 0.2) is 0 Å². The van der Waals surface area contributed by atoms with Gasteiger partial charge >= 0.3 is 5.97 Å². The molecular formula is C13H12BrNO4S. The quantitative estimate of drug-likeness (QED) is 0.625. The third-order valence-corrected chi connectivity index (χ3v) is 4.45. The number of carbonyl (C=O) groups excluding carboxylic acids is 2. The maximum atomic E-state index is 12.3. The Bertz CT molecular complexity index is 682. The van der Waals surface area contributed by atoms with Crippen molar-refractivity contribution in [2.75, 3.05) is 21.3 Å². The fraction of sp³-hybridized carbons (Fsp3) is 0.231. The highest BCUT2D eigenvalue weighted by Crippen LogP contribution is 2.34. The number of hydrogen-bond donors (Lipinski definition) is 0. The van der Waals surface area contributed by atoms with Crippen molar-refractivity contribution >= 4 is 49.2 Å². The van der Waals surface area contributed by atoms with Crippen molar-refractivity contribution in [3.05, 3.63) is 33.1 Å². The van der Waals surface area contributed by atoms with E-state index < -0.39 is 5.97 Å². The standard InChI is InChI=1S/C13H12BrNO4S/c1-15(19-3)12(16)11-10(13(17)18-2)8-6-7(14)4-5-9(8)20-11/h4-6H,1-3H3. The van der Waals surface area contributed by atoms with Gasteiger partial charge in [-0.3, -0.25) is 9.63 Å². The molecule has 0 aliphatic rings. The number of rotatable bonds is 3. The van der Waals surface area contributed by atoms with Gasteiger partial charge in [0.1, 0.15) is 4.88 Å². The van der Waals surface area contributed by atoms with Crippen LogP contribution in [0.15, 0.2) is 22.7 Å². The molecule has 0 fully saturated rings. The number of methoxy groups -OCH3 is 1. The first-order valence-electron chi connectivity index (χ1n) is 5.62. The van der Waals surface area contributed by atoms with E-state index in [1.54, 1.807) is 6.07 Å². The second-order valence-electron chi connectivity index (χ2n) is 3.92. The van der Waals surface area contributed by atoms with Crippen molar-refractivity contribution in [1.29, 1.82) is 0 Å². The van der Waals surface area contributed by atoms with Gasteiger partial charge in [-0.15, -0.1) is 11.3 Å². The van der Waals surface area contributed by atoms with Crippen molar-refractivity contribution < 1.29 is 19.2 Å². The lowest BCUT2D eigenvalue weighted by Crippen LogP contribution is -2.26. The summed E-state index contributed by atoms with van der Waals surface area (Å²) in [5.41, 5.74) is 0.266. The molecule has 0 spiro atoms. The van der Waals surface area contributed by atoms with Crippen LogP contribution in [0.4, 0.5) is 0 Å². The molecule has 2 rings (SSSR count). The average molecular weight is 358 g/mol. The molecule has 0 aliphatic heterocycles. The first-order chi connectivity index (χ1) is 9.49. The Morgan fingerprint density at radius 1 is 1.30 bits per heavy atom. The van der Waals surface area contributed by atoms with Crippen molar-refractivity contribution in [1.82, 2.24) is 5.06 Å². The van der Waals surface area contributed by atoms with Gasteiger partial charge in [-0.1, -0.05) is 15.9 Å². The first kappa shape index (κ1) is 15.0. The highest BCUT2D eigenvalue weighted by molar-refractivity contribution is 9.10. The van der Waals surface area contributed by atoms with Gasteiger partial charge in [0, 0.05) is 21.6 Å². The molecular weight excluding hydrogens is 346 g/mol. The molecule has 2 aromatic rings. The number of halogens is 1. The zero-order valence-electron chi connectivity index (χ0n) is 11.1. The van der Waals surface area contributed by atoms with Crippen molar-refractivity contribution in [3.63, 3.8) is 0 Å². The zero-order chi connectivity index (χ0) is 14.9. The Morgan fingerprint density at radius 3 is 2.60 bits per heavy atom. The summed E-state index contributed by atoms with van der Waals surface area (Å²) in [6.07, 6.45) is 0. The molecule has 0 saturated carbocycles. The van der Waals surface area contributed by atoms with E-state index in [1.165, 1.54) is 32.6 Å². The van der Waals surface area contributed by atoms with E-state index >= 15 is 0 Å². The lowest BCUT2D eigenvalue weighted by atomic mass is 10.1. The minimum absolute atomic E-state index is 0.266. The van der Waals surface area contributed by atoms with Gasteiger partial charge in [0.2, 0.25) is 0 Å². The third kappa shape index (κ3) is 2.56. The Labute approximate surface area is 128 Å². The number of esters is 1. The Hall–Kier alpha value is -1.44. The topological polar surface area (TPSA) is 55.8 Å². The number of amides is 1. The smallest absolute Gasteiger partial charge is 0.340 e. The predicted octanol–water partition coefficient (Wildman–Crippen LogP) is 3.08. The highest BCUT2D eigenvalue weighted by atomic mass is 79.9. The molecule has 0 atom stereocenters. The van der Waals surface area contributed by atoms with E-state index in [0.29, 0.717) is 10.3 Å². The molecule has 1 aromatic heterocycles. The van der Waals surface area contributed by atoms with Crippen LogP contribution >= 0.6 is 27.3 Å². The minimum Gasteiger partial charge on any atom is -0.465 e. The molecule has 0 saturated heterocycles. The monoisotopic (exact) mass is 357 g/mol. The molecule has 5 nitrogen and oxygen atoms in total. The van der Waals surface area contributed by atoms with Gasteiger partial charge < -0.3 is 4.74 Å². The molecule has 0 radical (unpaired) electrons. The van der Waals surface area contributed by atoms with Crippen molar-refractivity contribution in [3.8, 4) is 0 Å². The van der Waals surface area contributed by atoms with E-state index in [9.17, 15) is 9.59 Å². The van der Waals surface area contributed by atoms with Crippen LogP contribution < -0.4 is 0 Å². The maximum absolute atomic E-state index is 12.3. The highest BCUT2D eigenvalue weighted by Gasteiger charge is 2.26. The molecule has 1 amide bonds. The Morgan fingerprint density at radius 2 is 2.00 bits per heavy atom. The molecule has 0 unspecified atom stereocenters. The number of ether oxygens (including phenoxy) is 1. The number of nitrogens with zero attached hydrogens (tertiary/aromatic N) is 1. The lowest BCUT2D eigenvalue weighted by molar-refractivity contribution is -0.0754. The van der Waals surface area contributed by atoms with Crippen molar-refractivity contribution in [2.24, 2.45) is 0 Å². The maximum Gasteiger partial charge on any atom is 0.340 e. The van der Waals surface area contributed by atoms with E-state index in [0.717, 1.165) is 14.2 Å². The summed E-state index contributed by atoms with van der Waals surface area (Å²) in [6.45, 7) is 0. The van der Waals surface area contributed by atoms with Gasteiger partial charge in [0.05, 0.1) is 19.8 Å². The van der Waals surface area contributed by atoms with E-state index in [1.807, 2.05) is 12.1 Å². The van der Waals surface area contributed by atoms with Crippen LogP contribution in [0.3, 0.4) is 0 Å². The summed E-state index contributed by atoms with van der Waals surface area (Å²) in [4.78, 5) is 29.4. The van der Waals surface area contributed by atoms with E-state index in [4.69, 9.17) is 9.57 Å². The van der Waals surface area contributed by atoms with E-state index in [2.05, 4.69) is 15.9 Å². The third-order valence-electron chi connectivity index (χ3n) is 2.79. The molecule has 106 valence electrons. The van der Waals surface area contributed by atoms with E-state index in [-0.39, 0.29) is 11.5 Å². The Kier molecular flexibility index (Phi) is 4.42. The molecule has 0 aliphatic carbocycles. The fourth-order valence-corrected chi connectivity index (χ4v) is 3.25. The van der Waals surface area contributed by atoms with Crippen LogP contribution in [0.25, 0.3) is 10.1 Å². The Balaban J connectivity index is 2.70. The van der Waals surface area contributed by atoms with Crippen LogP contribution in [-0.4, -0.2) is 38.2 Å². The van der Waals surface area contributed by atoms with Gasteiger partial charge in [-0.05, 0) is 18.2 Å². The van der Waals surface area contributed by atoms with Crippen LogP contribution in [0.5, 0.6) is 0 Å². The zero-order valence-corrected chi connectivity index (χ0v) is 13.5. The molecule has 7 heteroatoms. The summed E-state index contributed by atoms with van der Waals surface area (Å²) in [7, 11) is 4.17. The molecule has 1 aromatic carbocycles. The second-order valence-corrected chi connectivity index (χ2v) is 5.89. The number of thiophene rings is 1. The second kappa shape index (κ2) is 5.90. The van der Waals surface area contributed by atoms with Crippen LogP contribution in [0.1, 0.15) is 20.0 Å². The number of carbonyl (C=O) groups is 2. The number of benzene rings is 1. The molecule has 20 heavy (non-hydrogen) atoms. The average Bonchev–Trinajstić information content (AvgIpc) is 2.83. The summed E-state index contributed by atoms with van der Waals surface area (Å²) in [5.74, 6) is -0.924. The van der Waals surface area contributed by atoms with Gasteiger partial charge in [0.25, 0.3) is 5.91 Å². The van der Waals surface area contributed by atoms with Crippen LogP contribution in [-0.2, 0) is 9.57 Å². The summed E-state index contributed by atoms with van der Waals surface area (Å²) in [5, 5.41) is 1.76. The number of hydroxylamine groups is 2. The number of hydrogen-bond acceptors (Lipinski definition) is 5. The lowest BCUT2D eigenvalue weighted by Gasteiger charge is -2.13. The molecule has 0 N–H and O–H groups in total. The number of fused-ring (bicyclic) bond motifs is 1. The predicted molar refractivity (Wildman–Crippen MR) is 80.0 cm³/mol. The van der Waals surface area contributed by atoms with Crippen molar-refractivity contribution in [2.45, 2.75) is 0 Å². The fourth-order valence-electron chi connectivity index (χ4n) is 1.75. The van der Waals surface area contributed by atoms with Gasteiger partial charge in [-0.2, -0.15) is 0 Å². The summed E-state index contributed by atoms with van der Waals surface area (Å²) >= 11 is 4.59. The summed E-state index contributed by atoms with van der Waals surface area (Å²) < 4.78 is 6.45. The molecule has 1 heterocycles. The van der Waals surface area contributed by atoms with Crippen LogP contribution in [0.2, 0.25) is 0 Å². The van der Waals surface area contributed by atoms with Crippen LogP contribution in [0, 0.1) is 0 Å². The normalized spacial score (nSPS) is 10.6. The van der Waals surface area contributed by atoms with Gasteiger partial charge in [-0.25, -0.2) is 9.86 Å². The largest absolute Gasteiger partial charge is 0.465 e. The molecule has 0 bridgehead atoms. The summed E-state index contributed by atoms with van der Waals surface area (Å²) in [6, 6.07) is 5.50. The minimum atomic E-state index is -0.540.